The molecule has 0 fully saturated rings. The fourth-order valence-electron chi connectivity index (χ4n) is 3.44. The number of para-hydroxylation sites is 1. The first-order valence-corrected chi connectivity index (χ1v) is 9.50. The predicted octanol–water partition coefficient (Wildman–Crippen LogP) is 2.40. The van der Waals surface area contributed by atoms with Gasteiger partial charge in [-0.15, -0.1) is 0 Å². The summed E-state index contributed by atoms with van der Waals surface area (Å²) in [6.45, 7) is 8.65. The number of rotatable bonds is 8. The Bertz CT molecular complexity index is 833. The van der Waals surface area contributed by atoms with Gasteiger partial charge >= 0.3 is 5.97 Å². The Balaban J connectivity index is 2.09. The van der Waals surface area contributed by atoms with E-state index in [1.807, 2.05) is 58.2 Å². The summed E-state index contributed by atoms with van der Waals surface area (Å²) in [5.41, 5.74) is 1.84. The number of nitrogens with one attached hydrogen (secondary N) is 2. The number of hydrogen-bond acceptors (Lipinski definition) is 4. The fourth-order valence-corrected chi connectivity index (χ4v) is 3.44. The third kappa shape index (κ3) is 5.34. The number of aromatic nitrogens is 1. The predicted molar refractivity (Wildman–Crippen MR) is 108 cm³/mol. The first-order chi connectivity index (χ1) is 13.2. The highest BCUT2D eigenvalue weighted by atomic mass is 16.5. The molecule has 0 unspecified atom stereocenters. The molecule has 152 valence electrons. The van der Waals surface area contributed by atoms with Crippen LogP contribution in [0.1, 0.15) is 40.2 Å². The maximum Gasteiger partial charge on any atom is 0.329 e. The number of carbonyl (C=O) groups excluding carboxylic acids is 3. The maximum absolute atomic E-state index is 12.6. The van der Waals surface area contributed by atoms with Crippen molar-refractivity contribution in [3.8, 4) is 0 Å². The van der Waals surface area contributed by atoms with Crippen molar-refractivity contribution in [2.24, 2.45) is 0 Å². The zero-order valence-corrected chi connectivity index (χ0v) is 17.1. The Morgan fingerprint density at radius 2 is 1.75 bits per heavy atom. The molecule has 2 amide bonds. The van der Waals surface area contributed by atoms with E-state index >= 15 is 0 Å². The number of fused-ring (bicyclic) bond motifs is 1. The van der Waals surface area contributed by atoms with Gasteiger partial charge in [0, 0.05) is 42.5 Å². The van der Waals surface area contributed by atoms with Crippen molar-refractivity contribution >= 4 is 28.7 Å². The van der Waals surface area contributed by atoms with E-state index in [-0.39, 0.29) is 36.9 Å². The molecule has 2 aromatic rings. The summed E-state index contributed by atoms with van der Waals surface area (Å²) in [7, 11) is 0. The number of amides is 2. The van der Waals surface area contributed by atoms with Crippen molar-refractivity contribution < 1.29 is 19.1 Å². The molecule has 0 aliphatic heterocycles. The second kappa shape index (κ2) is 9.39. The van der Waals surface area contributed by atoms with Crippen molar-refractivity contribution in [1.82, 2.24) is 15.2 Å². The third-order valence-corrected chi connectivity index (χ3v) is 4.50. The summed E-state index contributed by atoms with van der Waals surface area (Å²) in [4.78, 5) is 41.4. The lowest BCUT2D eigenvalue weighted by atomic mass is 10.0. The van der Waals surface area contributed by atoms with Crippen LogP contribution in [0.25, 0.3) is 10.9 Å². The van der Waals surface area contributed by atoms with Gasteiger partial charge in [-0.1, -0.05) is 18.2 Å². The van der Waals surface area contributed by atoms with E-state index in [0.29, 0.717) is 0 Å². The molecule has 0 saturated carbocycles. The van der Waals surface area contributed by atoms with Crippen LogP contribution >= 0.6 is 0 Å². The molecule has 0 aliphatic carbocycles. The van der Waals surface area contributed by atoms with E-state index in [1.165, 1.54) is 6.92 Å². The number of H-pyrrole nitrogens is 1. The number of carbonyl (C=O) groups is 3. The second-order valence-electron chi connectivity index (χ2n) is 7.41. The summed E-state index contributed by atoms with van der Waals surface area (Å²) in [5, 5.41) is 3.61. The quantitative estimate of drug-likeness (QED) is 0.681. The van der Waals surface area contributed by atoms with Crippen molar-refractivity contribution in [2.75, 3.05) is 6.61 Å². The van der Waals surface area contributed by atoms with Gasteiger partial charge in [0.15, 0.2) is 6.61 Å². The molecule has 1 atom stereocenters. The highest BCUT2D eigenvalue weighted by Crippen LogP contribution is 2.19. The molecule has 0 spiro atoms. The van der Waals surface area contributed by atoms with E-state index in [1.54, 1.807) is 4.90 Å². The molecule has 7 nitrogen and oxygen atoms in total. The van der Waals surface area contributed by atoms with Crippen molar-refractivity contribution in [1.29, 1.82) is 0 Å². The van der Waals surface area contributed by atoms with Gasteiger partial charge in [-0.3, -0.25) is 9.59 Å². The van der Waals surface area contributed by atoms with Gasteiger partial charge < -0.3 is 19.9 Å². The lowest BCUT2D eigenvalue weighted by Gasteiger charge is -2.30. The Kier molecular flexibility index (Phi) is 7.20. The summed E-state index contributed by atoms with van der Waals surface area (Å²) >= 11 is 0. The van der Waals surface area contributed by atoms with Crippen LogP contribution in [0.3, 0.4) is 0 Å². The lowest BCUT2D eigenvalue weighted by Crippen LogP contribution is -2.46. The third-order valence-electron chi connectivity index (χ3n) is 4.50. The molecule has 1 aromatic heterocycles. The smallest absolute Gasteiger partial charge is 0.329 e. The number of ether oxygens (including phenoxy) is 1. The van der Waals surface area contributed by atoms with Crippen molar-refractivity contribution in [3.63, 3.8) is 0 Å². The van der Waals surface area contributed by atoms with Crippen LogP contribution in [-0.4, -0.2) is 52.4 Å². The van der Waals surface area contributed by atoms with Crippen LogP contribution in [0, 0.1) is 0 Å². The van der Waals surface area contributed by atoms with E-state index in [0.717, 1.165) is 16.5 Å². The van der Waals surface area contributed by atoms with Gasteiger partial charge in [0.25, 0.3) is 5.91 Å². The molecular weight excluding hydrogens is 358 g/mol. The number of benzene rings is 1. The van der Waals surface area contributed by atoms with E-state index in [2.05, 4.69) is 10.3 Å². The Labute approximate surface area is 165 Å². The van der Waals surface area contributed by atoms with Gasteiger partial charge in [0.2, 0.25) is 5.91 Å². The lowest BCUT2D eigenvalue weighted by molar-refractivity contribution is -0.155. The van der Waals surface area contributed by atoms with Gasteiger partial charge in [0.1, 0.15) is 6.04 Å². The number of hydrogen-bond donors (Lipinski definition) is 2. The number of esters is 1. The monoisotopic (exact) mass is 387 g/mol. The molecule has 7 heteroatoms. The van der Waals surface area contributed by atoms with Gasteiger partial charge in [0.05, 0.1) is 0 Å². The topological polar surface area (TPSA) is 91.5 Å². The van der Waals surface area contributed by atoms with Crippen molar-refractivity contribution in [2.45, 2.75) is 59.2 Å². The van der Waals surface area contributed by atoms with Crippen molar-refractivity contribution in [3.05, 3.63) is 36.0 Å². The molecule has 28 heavy (non-hydrogen) atoms. The summed E-state index contributed by atoms with van der Waals surface area (Å²) in [6, 6.07) is 6.86. The van der Waals surface area contributed by atoms with Crippen LogP contribution < -0.4 is 5.32 Å². The number of nitrogens with zero attached hydrogens (tertiary/aromatic N) is 1. The SMILES string of the molecule is CC(=O)N[C@@H](Cc1c[nH]c2ccccc12)C(=O)OCC(=O)N(C(C)C)C(C)C. The van der Waals surface area contributed by atoms with Gasteiger partial charge in [-0.05, 0) is 39.3 Å². The van der Waals surface area contributed by atoms with Crippen LogP contribution in [0.4, 0.5) is 0 Å². The first-order valence-electron chi connectivity index (χ1n) is 9.50. The van der Waals surface area contributed by atoms with E-state index in [4.69, 9.17) is 4.74 Å². The summed E-state index contributed by atoms with van der Waals surface area (Å²) in [6.07, 6.45) is 2.09. The second-order valence-corrected chi connectivity index (χ2v) is 7.41. The zero-order valence-electron chi connectivity index (χ0n) is 17.1. The maximum atomic E-state index is 12.6. The summed E-state index contributed by atoms with van der Waals surface area (Å²) < 4.78 is 5.25. The Hall–Kier alpha value is -2.83. The van der Waals surface area contributed by atoms with Crippen LogP contribution in [0.5, 0.6) is 0 Å². The first kappa shape index (κ1) is 21.5. The standard InChI is InChI=1S/C21H29N3O4/c1-13(2)24(14(3)4)20(26)12-28-21(27)19(23-15(5)25)10-16-11-22-18-9-7-6-8-17(16)18/h6-9,11,13-14,19,22H,10,12H2,1-5H3,(H,23,25)/t19-/m0/s1. The van der Waals surface area contributed by atoms with Crippen LogP contribution in [0.15, 0.2) is 30.5 Å². The highest BCUT2D eigenvalue weighted by Gasteiger charge is 2.26. The average Bonchev–Trinajstić information content (AvgIpc) is 3.01. The number of aromatic amines is 1. The Morgan fingerprint density at radius 1 is 1.11 bits per heavy atom. The van der Waals surface area contributed by atoms with E-state index < -0.39 is 12.0 Å². The molecule has 2 N–H and O–H groups in total. The summed E-state index contributed by atoms with van der Waals surface area (Å²) in [5.74, 6) is -1.22. The fraction of sp³-hybridized carbons (Fsp3) is 0.476. The molecule has 2 rings (SSSR count). The minimum Gasteiger partial charge on any atom is -0.454 e. The molecule has 1 heterocycles. The molecule has 1 aromatic carbocycles. The molecule has 0 radical (unpaired) electrons. The normalized spacial score (nSPS) is 12.2. The highest BCUT2D eigenvalue weighted by molar-refractivity contribution is 5.88. The van der Waals surface area contributed by atoms with Gasteiger partial charge in [-0.25, -0.2) is 4.79 Å². The molecule has 0 saturated heterocycles. The van der Waals surface area contributed by atoms with E-state index in [9.17, 15) is 14.4 Å². The van der Waals surface area contributed by atoms with Gasteiger partial charge in [-0.2, -0.15) is 0 Å². The largest absolute Gasteiger partial charge is 0.454 e. The average molecular weight is 387 g/mol. The minimum atomic E-state index is -0.865. The van der Waals surface area contributed by atoms with Crippen LogP contribution in [0.2, 0.25) is 0 Å². The molecular formula is C21H29N3O4. The van der Waals surface area contributed by atoms with Crippen LogP contribution in [-0.2, 0) is 25.5 Å². The minimum absolute atomic E-state index is 0.00330. The Morgan fingerprint density at radius 3 is 2.36 bits per heavy atom. The zero-order chi connectivity index (χ0) is 20.8. The molecule has 0 aliphatic rings. The molecule has 0 bridgehead atoms.